The van der Waals surface area contributed by atoms with E-state index in [2.05, 4.69) is 45.5 Å². The molecule has 129 heavy (non-hydrogen) atoms. The molecule has 5 N–H and O–H groups in total. The molecule has 0 amide bonds. The number of aromatic nitrogens is 15. The van der Waals surface area contributed by atoms with Crippen LogP contribution in [0.4, 0.5) is 42.7 Å². The van der Waals surface area contributed by atoms with E-state index in [0.717, 1.165) is 17.3 Å². The largest absolute Gasteiger partial charge is 0.481 e. The Labute approximate surface area is 742 Å². The van der Waals surface area contributed by atoms with E-state index >= 15 is 0 Å². The maximum absolute atomic E-state index is 14.4. The number of hydrogen-bond acceptors (Lipinski definition) is 26. The van der Waals surface area contributed by atoms with Gasteiger partial charge in [0.25, 0.3) is 0 Å². The van der Waals surface area contributed by atoms with Crippen LogP contribution in [0.1, 0.15) is 94.5 Å². The molecule has 12 aromatic rings. The van der Waals surface area contributed by atoms with Crippen LogP contribution in [0.15, 0.2) is 161 Å². The number of benzene rings is 3. The molecule has 35 nitrogen and oxygen atoms in total. The van der Waals surface area contributed by atoms with Crippen LogP contribution in [-0.4, -0.2) is 242 Å². The first-order valence-electron chi connectivity index (χ1n) is 43.6. The predicted molar refractivity (Wildman–Crippen MR) is 481 cm³/mol. The number of aliphatic carboxylic acids is 3. The molecule has 0 bridgehead atoms. The highest BCUT2D eigenvalue weighted by molar-refractivity contribution is 5.80. The van der Waals surface area contributed by atoms with Crippen LogP contribution in [0.2, 0.25) is 0 Å². The molecular formula is C91H111F3N20O15. The monoisotopic (exact) mass is 1780 g/mol. The number of alkyl halides is 3. The van der Waals surface area contributed by atoms with Crippen molar-refractivity contribution in [3.05, 3.63) is 217 Å². The highest BCUT2D eigenvalue weighted by Crippen LogP contribution is 2.30. The average molecular weight is 1780 g/mol. The highest BCUT2D eigenvalue weighted by atomic mass is 19.4. The Balaban J connectivity index is 0.661. The lowest BCUT2D eigenvalue weighted by atomic mass is 9.92. The number of fused-ring (bicyclic) bond motifs is 3. The smallest absolute Gasteiger partial charge is 0.393 e. The molecule has 0 fully saturated rings. The van der Waals surface area contributed by atoms with E-state index in [1.54, 1.807) is 154 Å². The zero-order valence-electron chi connectivity index (χ0n) is 73.7. The van der Waals surface area contributed by atoms with E-state index in [1.807, 2.05) is 65.2 Å². The topological polar surface area (TPSA) is 398 Å². The highest BCUT2D eigenvalue weighted by Gasteiger charge is 2.33. The fourth-order valence-electron chi connectivity index (χ4n) is 15.3. The second-order valence-electron chi connectivity index (χ2n) is 30.5. The average Bonchev–Trinajstić information content (AvgIpc) is 1.62. The van der Waals surface area contributed by atoms with Gasteiger partial charge in [-0.2, -0.15) is 23.1 Å². The first kappa shape index (κ1) is 95.2. The van der Waals surface area contributed by atoms with Crippen LogP contribution >= 0.6 is 0 Å². The van der Waals surface area contributed by atoms with Gasteiger partial charge >= 0.3 is 41.2 Å². The summed E-state index contributed by atoms with van der Waals surface area (Å²) in [5, 5.41) is 37.5. The maximum atomic E-state index is 14.4. The molecule has 9 heterocycles. The SMILES string of the molecule is CCc1cnc(N(CC)CC)nc1N[C@@H](Cc1ccc(-n2c(=O)n(CCOCCOCC(COCCOCCn3c(=O)n(-c4ccc(C[C@H](Cc5nc(N(CC)CC)ncc5CC(F)(F)F)C(=O)O)cc4)c4ncccc43)OCCOCCn3c(=O)n(-c4ccc(C[C@H](Nc5nc(N(CC)CC)ncc5CC)C(=O)O)cc4)c4ncccc43)c3cccnc32)cc1)C(=O)O. The zero-order valence-corrected chi connectivity index (χ0v) is 73.7. The lowest BCUT2D eigenvalue weighted by Crippen LogP contribution is -2.33. The number of carbonyl (C=O) groups is 3. The van der Waals surface area contributed by atoms with Gasteiger partial charge in [0.1, 0.15) is 29.8 Å². The van der Waals surface area contributed by atoms with Crippen LogP contribution in [0.25, 0.3) is 50.6 Å². The number of nitrogens with zero attached hydrogens (tertiary/aromatic N) is 18. The fraction of sp³-hybridized carbons (Fsp3) is 0.440. The van der Waals surface area contributed by atoms with E-state index in [-0.39, 0.29) is 147 Å². The third-order valence-electron chi connectivity index (χ3n) is 22.3. The van der Waals surface area contributed by atoms with Gasteiger partial charge < -0.3 is 69.1 Å². The molecule has 686 valence electrons. The van der Waals surface area contributed by atoms with Crippen LogP contribution in [0, 0.1) is 5.92 Å². The Bertz CT molecular complexity index is 5910. The summed E-state index contributed by atoms with van der Waals surface area (Å²) in [6, 6.07) is 29.4. The minimum absolute atomic E-state index is 0.00691. The number of carboxylic acids is 3. The summed E-state index contributed by atoms with van der Waals surface area (Å²) in [5.74, 6) is -2.33. The van der Waals surface area contributed by atoms with Crippen molar-refractivity contribution in [1.29, 1.82) is 0 Å². The minimum atomic E-state index is -4.58. The molecule has 0 saturated carbocycles. The van der Waals surface area contributed by atoms with Gasteiger partial charge in [0.2, 0.25) is 17.8 Å². The van der Waals surface area contributed by atoms with Crippen LogP contribution in [0.3, 0.4) is 0 Å². The van der Waals surface area contributed by atoms with Gasteiger partial charge in [0.15, 0.2) is 16.9 Å². The number of carboxylic acid groups (broad SMARTS) is 3. The Morgan fingerprint density at radius 3 is 1.09 bits per heavy atom. The number of ether oxygens (including phenoxy) is 6. The molecule has 1 unspecified atom stereocenters. The summed E-state index contributed by atoms with van der Waals surface area (Å²) in [7, 11) is 0. The minimum Gasteiger partial charge on any atom is -0.481 e. The van der Waals surface area contributed by atoms with Crippen LogP contribution in [-0.2, 0) is 107 Å². The fourth-order valence-corrected chi connectivity index (χ4v) is 15.3. The number of pyridine rings is 3. The molecule has 0 spiro atoms. The van der Waals surface area contributed by atoms with E-state index < -0.39 is 60.3 Å². The molecule has 0 saturated heterocycles. The van der Waals surface area contributed by atoms with Crippen molar-refractivity contribution in [2.24, 2.45) is 5.92 Å². The predicted octanol–water partition coefficient (Wildman–Crippen LogP) is 9.90. The van der Waals surface area contributed by atoms with Crippen LogP contribution < -0.4 is 42.4 Å². The molecule has 12 rings (SSSR count). The van der Waals surface area contributed by atoms with Gasteiger partial charge in [-0.15, -0.1) is 0 Å². The molecule has 38 heteroatoms. The van der Waals surface area contributed by atoms with Crippen molar-refractivity contribution in [3.8, 4) is 17.1 Å². The van der Waals surface area contributed by atoms with Gasteiger partial charge in [0.05, 0.1) is 144 Å². The first-order chi connectivity index (χ1) is 62.5. The standard InChI is InChI=1S/C91H111F3N20O15/c1-9-63-55-98-86(107(13-5)14-6)104-77(63)101-72(83(117)118)51-61-25-31-68(32-26-61)113-80-75(21-18-36-96-80)110(89(113)122)39-42-125-45-47-128-59-70(129-49-48-126-43-40-111-76-22-19-37-97-81(76)114(90(111)123)69-33-27-62(28-34-69)52-73(84(119)120)102-78-64(10-2)56-99-87(105-78)108(15-7)16-8)58-127-46-44-124-41-38-109-74-20-17-35-95-79(74)112(88(109)121)67-29-23-60(24-30-67)50-65(82(115)116)53-71-66(54-91(92,93)94)57-100-85(103-71)106(11-3)12-4/h17-37,55-57,65,70,72-73H,9-16,38-54,58-59H2,1-8H3,(H,115,116)(H,117,118)(H,119,120)(H,98,101,104)(H,99,102,105)/t65-,70?,72+,73+/m1/s1. The number of anilines is 5. The summed E-state index contributed by atoms with van der Waals surface area (Å²) in [5.41, 5.74) is 6.61. The number of aryl methyl sites for hydroxylation is 2. The summed E-state index contributed by atoms with van der Waals surface area (Å²) < 4.78 is 87.1. The van der Waals surface area contributed by atoms with Crippen molar-refractivity contribution in [2.45, 2.75) is 144 Å². The van der Waals surface area contributed by atoms with Gasteiger partial charge in [-0.3, -0.25) is 18.5 Å². The van der Waals surface area contributed by atoms with Crippen molar-refractivity contribution in [2.75, 3.05) is 137 Å². The lowest BCUT2D eigenvalue weighted by Gasteiger charge is -2.22. The number of nitrogens with one attached hydrogen (secondary N) is 2. The van der Waals surface area contributed by atoms with Crippen molar-refractivity contribution >= 4 is 80.9 Å². The maximum Gasteiger partial charge on any atom is 0.393 e. The first-order valence-corrected chi connectivity index (χ1v) is 43.6. The third kappa shape index (κ3) is 24.1. The Hall–Kier alpha value is -12.9. The second-order valence-corrected chi connectivity index (χ2v) is 30.5. The molecule has 9 aromatic heterocycles. The number of imidazole rings is 3. The van der Waals surface area contributed by atoms with Gasteiger partial charge in [-0.05, 0) is 150 Å². The Morgan fingerprint density at radius 1 is 0.411 bits per heavy atom. The van der Waals surface area contributed by atoms with Gasteiger partial charge in [-0.25, -0.2) is 72.6 Å². The van der Waals surface area contributed by atoms with Crippen molar-refractivity contribution in [1.82, 2.24) is 72.3 Å². The molecule has 0 radical (unpaired) electrons. The molecule has 0 aliphatic heterocycles. The number of hydrogen-bond donors (Lipinski definition) is 5. The Morgan fingerprint density at radius 2 is 0.752 bits per heavy atom. The molecule has 0 aliphatic carbocycles. The zero-order chi connectivity index (χ0) is 91.7. The summed E-state index contributed by atoms with van der Waals surface area (Å²) >= 11 is 0. The van der Waals surface area contributed by atoms with Crippen molar-refractivity contribution < 1.29 is 71.3 Å². The molecule has 0 aliphatic rings. The van der Waals surface area contributed by atoms with Gasteiger partial charge in [0, 0.05) is 112 Å². The third-order valence-corrected chi connectivity index (χ3v) is 22.3. The molecule has 3 aromatic carbocycles. The summed E-state index contributed by atoms with van der Waals surface area (Å²) in [6.07, 6.45) is 3.93. The summed E-state index contributed by atoms with van der Waals surface area (Å²) in [6.45, 7) is 21.0. The number of halogens is 3. The summed E-state index contributed by atoms with van der Waals surface area (Å²) in [4.78, 5) is 128. The quantitative estimate of drug-likeness (QED) is 0.0221. The van der Waals surface area contributed by atoms with Crippen LogP contribution in [0.5, 0.6) is 0 Å². The normalized spacial score (nSPS) is 12.7. The van der Waals surface area contributed by atoms with E-state index in [0.29, 0.717) is 143 Å². The second kappa shape index (κ2) is 45.7. The Kier molecular flexibility index (Phi) is 33.7. The molecular weight excluding hydrogens is 1670 g/mol. The molecule has 4 atom stereocenters. The van der Waals surface area contributed by atoms with Crippen molar-refractivity contribution in [3.63, 3.8) is 0 Å². The van der Waals surface area contributed by atoms with E-state index in [4.69, 9.17) is 38.4 Å². The van der Waals surface area contributed by atoms with E-state index in [1.165, 1.54) is 18.3 Å². The van der Waals surface area contributed by atoms with E-state index in [9.17, 15) is 57.3 Å². The van der Waals surface area contributed by atoms with Gasteiger partial charge in [-0.1, -0.05) is 50.2 Å². The number of rotatable bonds is 53. The lowest BCUT2D eigenvalue weighted by molar-refractivity contribution is -0.142.